The topological polar surface area (TPSA) is 47.6 Å². The van der Waals surface area contributed by atoms with Crippen molar-refractivity contribution in [3.63, 3.8) is 0 Å². The molecule has 0 unspecified atom stereocenters. The molecule has 3 rings (SSSR count). The molecule has 2 aromatic rings. The highest BCUT2D eigenvalue weighted by molar-refractivity contribution is 5.91. The molecular weight excluding hydrogens is 336 g/mol. The van der Waals surface area contributed by atoms with E-state index >= 15 is 0 Å². The van der Waals surface area contributed by atoms with E-state index in [0.29, 0.717) is 13.0 Å². The Bertz CT molecular complexity index is 736. The largest absolute Gasteiger partial charge is 0.369 e. The van der Waals surface area contributed by atoms with Crippen molar-refractivity contribution in [3.05, 3.63) is 59.7 Å². The Morgan fingerprint density at radius 3 is 2.48 bits per heavy atom. The Morgan fingerprint density at radius 1 is 1.04 bits per heavy atom. The van der Waals surface area contributed by atoms with Crippen LogP contribution < -0.4 is 15.5 Å². The zero-order valence-electron chi connectivity index (χ0n) is 16.4. The molecule has 0 radical (unpaired) electrons. The van der Waals surface area contributed by atoms with Gasteiger partial charge < -0.3 is 20.4 Å². The van der Waals surface area contributed by atoms with Crippen molar-refractivity contribution in [2.24, 2.45) is 0 Å². The summed E-state index contributed by atoms with van der Waals surface area (Å²) in [4.78, 5) is 16.9. The zero-order valence-corrected chi connectivity index (χ0v) is 16.4. The molecule has 1 heterocycles. The number of nitrogens with one attached hydrogen (secondary N) is 2. The van der Waals surface area contributed by atoms with Gasteiger partial charge in [0.15, 0.2) is 0 Å². The minimum absolute atomic E-state index is 0.0408. The maximum absolute atomic E-state index is 12.1. The van der Waals surface area contributed by atoms with Crippen LogP contribution in [0.25, 0.3) is 0 Å². The van der Waals surface area contributed by atoms with E-state index in [1.165, 1.54) is 16.8 Å². The van der Waals surface area contributed by atoms with Crippen LogP contribution in [0.4, 0.5) is 11.4 Å². The normalized spacial score (nSPS) is 15.0. The van der Waals surface area contributed by atoms with Crippen molar-refractivity contribution in [2.45, 2.75) is 19.9 Å². The molecule has 5 nitrogen and oxygen atoms in total. The minimum atomic E-state index is 0.0408. The molecule has 144 valence electrons. The fraction of sp³-hybridized carbons (Fsp3) is 0.409. The van der Waals surface area contributed by atoms with Crippen molar-refractivity contribution in [1.82, 2.24) is 10.2 Å². The van der Waals surface area contributed by atoms with E-state index in [4.69, 9.17) is 0 Å². The fourth-order valence-electron chi connectivity index (χ4n) is 3.30. The highest BCUT2D eigenvalue weighted by Crippen LogP contribution is 2.19. The second kappa shape index (κ2) is 9.53. The summed E-state index contributed by atoms with van der Waals surface area (Å²) < 4.78 is 0. The number of hydrogen-bond acceptors (Lipinski definition) is 4. The average molecular weight is 367 g/mol. The number of likely N-dealkylation sites (N-methyl/N-ethyl adjacent to an activating group) is 1. The van der Waals surface area contributed by atoms with Crippen LogP contribution in [0.2, 0.25) is 0 Å². The third kappa shape index (κ3) is 6.08. The number of anilines is 2. The van der Waals surface area contributed by atoms with Crippen molar-refractivity contribution in [3.8, 4) is 0 Å². The van der Waals surface area contributed by atoms with Gasteiger partial charge in [0.1, 0.15) is 0 Å². The highest BCUT2D eigenvalue weighted by Gasteiger charge is 2.14. The molecule has 1 aliphatic heterocycles. The molecule has 1 saturated heterocycles. The van der Waals surface area contributed by atoms with Crippen LogP contribution in [-0.2, 0) is 11.3 Å². The van der Waals surface area contributed by atoms with Crippen LogP contribution in [0.15, 0.2) is 48.5 Å². The van der Waals surface area contributed by atoms with Crippen molar-refractivity contribution in [2.75, 3.05) is 50.0 Å². The summed E-state index contributed by atoms with van der Waals surface area (Å²) in [5.74, 6) is 0.0408. The maximum Gasteiger partial charge on any atom is 0.225 e. The molecule has 1 aliphatic rings. The lowest BCUT2D eigenvalue weighted by atomic mass is 10.1. The van der Waals surface area contributed by atoms with E-state index < -0.39 is 0 Å². The molecule has 1 fully saturated rings. The first-order chi connectivity index (χ1) is 13.1. The number of amides is 1. The van der Waals surface area contributed by atoms with E-state index in [2.05, 4.69) is 70.8 Å². The van der Waals surface area contributed by atoms with Gasteiger partial charge in [-0.25, -0.2) is 0 Å². The highest BCUT2D eigenvalue weighted by atomic mass is 16.1. The number of rotatable bonds is 7. The van der Waals surface area contributed by atoms with Crippen molar-refractivity contribution in [1.29, 1.82) is 0 Å². The molecule has 27 heavy (non-hydrogen) atoms. The Labute approximate surface area is 162 Å². The summed E-state index contributed by atoms with van der Waals surface area (Å²) in [6.07, 6.45) is 0.464. The van der Waals surface area contributed by atoms with Crippen LogP contribution in [-0.4, -0.2) is 50.6 Å². The van der Waals surface area contributed by atoms with Crippen LogP contribution in [0, 0.1) is 6.92 Å². The molecule has 0 saturated carbocycles. The Kier molecular flexibility index (Phi) is 6.85. The van der Waals surface area contributed by atoms with E-state index in [1.807, 2.05) is 12.1 Å². The molecule has 2 aromatic carbocycles. The predicted octanol–water partition coefficient (Wildman–Crippen LogP) is 2.87. The summed E-state index contributed by atoms with van der Waals surface area (Å²) in [5, 5.41) is 6.31. The van der Waals surface area contributed by atoms with Crippen molar-refractivity contribution < 1.29 is 4.79 Å². The Morgan fingerprint density at radius 2 is 1.78 bits per heavy atom. The van der Waals surface area contributed by atoms with Crippen LogP contribution in [0.3, 0.4) is 0 Å². The first-order valence-electron chi connectivity index (χ1n) is 9.70. The molecule has 0 bridgehead atoms. The average Bonchev–Trinajstić information content (AvgIpc) is 2.67. The van der Waals surface area contributed by atoms with E-state index in [9.17, 15) is 4.79 Å². The zero-order chi connectivity index (χ0) is 19.1. The van der Waals surface area contributed by atoms with E-state index in [0.717, 1.165) is 38.4 Å². The molecule has 5 heteroatoms. The minimum Gasteiger partial charge on any atom is -0.369 e. The van der Waals surface area contributed by atoms with Gasteiger partial charge in [0.2, 0.25) is 5.91 Å². The molecule has 0 atom stereocenters. The van der Waals surface area contributed by atoms with Crippen molar-refractivity contribution >= 4 is 17.3 Å². The van der Waals surface area contributed by atoms with Crippen LogP contribution in [0.5, 0.6) is 0 Å². The number of hydrogen-bond donors (Lipinski definition) is 2. The summed E-state index contributed by atoms with van der Waals surface area (Å²) in [6.45, 7) is 7.82. The van der Waals surface area contributed by atoms with Crippen LogP contribution in [0.1, 0.15) is 17.5 Å². The molecule has 0 spiro atoms. The number of benzene rings is 2. The van der Waals surface area contributed by atoms with Gasteiger partial charge in [0, 0.05) is 57.1 Å². The summed E-state index contributed by atoms with van der Waals surface area (Å²) in [7, 11) is 2.16. The standard InChI is InChI=1S/C22H30N4O/c1-18-4-3-5-19(16-18)17-23-11-10-22(27)24-20-6-8-21(9-7-20)26-14-12-25(2)13-15-26/h3-9,16,23H,10-15,17H2,1-2H3,(H,24,27). The van der Waals surface area contributed by atoms with Gasteiger partial charge >= 0.3 is 0 Å². The molecule has 0 aliphatic carbocycles. The van der Waals surface area contributed by atoms with Gasteiger partial charge in [0.25, 0.3) is 0 Å². The third-order valence-corrected chi connectivity index (χ3v) is 4.96. The van der Waals surface area contributed by atoms with Gasteiger partial charge in [0.05, 0.1) is 0 Å². The van der Waals surface area contributed by atoms with E-state index in [1.54, 1.807) is 0 Å². The lowest BCUT2D eigenvalue weighted by molar-refractivity contribution is -0.116. The SMILES string of the molecule is Cc1cccc(CNCCC(=O)Nc2ccc(N3CCN(C)CC3)cc2)c1. The number of piperazine rings is 1. The monoisotopic (exact) mass is 366 g/mol. The van der Waals surface area contributed by atoms with Crippen LogP contribution >= 0.6 is 0 Å². The van der Waals surface area contributed by atoms with E-state index in [-0.39, 0.29) is 5.91 Å². The lowest BCUT2D eigenvalue weighted by Crippen LogP contribution is -2.44. The summed E-state index contributed by atoms with van der Waals surface area (Å²) in [6, 6.07) is 16.6. The van der Waals surface area contributed by atoms with Gasteiger partial charge in [-0.2, -0.15) is 0 Å². The molecule has 1 amide bonds. The number of carbonyl (C=O) groups excluding carboxylic acids is 1. The number of aryl methyl sites for hydroxylation is 1. The maximum atomic E-state index is 12.1. The number of carbonyl (C=O) groups is 1. The Balaban J connectivity index is 1.39. The van der Waals surface area contributed by atoms with Gasteiger partial charge in [-0.15, -0.1) is 0 Å². The fourth-order valence-corrected chi connectivity index (χ4v) is 3.30. The Hall–Kier alpha value is -2.37. The first-order valence-corrected chi connectivity index (χ1v) is 9.70. The van der Waals surface area contributed by atoms with Gasteiger partial charge in [-0.3, -0.25) is 4.79 Å². The molecular formula is C22H30N4O. The number of nitrogens with zero attached hydrogens (tertiary/aromatic N) is 2. The first kappa shape index (κ1) is 19.4. The quantitative estimate of drug-likeness (QED) is 0.740. The summed E-state index contributed by atoms with van der Waals surface area (Å²) in [5.41, 5.74) is 4.58. The predicted molar refractivity (Wildman–Crippen MR) is 112 cm³/mol. The van der Waals surface area contributed by atoms with Gasteiger partial charge in [-0.1, -0.05) is 29.8 Å². The summed E-state index contributed by atoms with van der Waals surface area (Å²) >= 11 is 0. The third-order valence-electron chi connectivity index (χ3n) is 4.96. The molecule has 0 aromatic heterocycles. The second-order valence-corrected chi connectivity index (χ2v) is 7.30. The van der Waals surface area contributed by atoms with Gasteiger partial charge in [-0.05, 0) is 43.8 Å². The molecule has 2 N–H and O–H groups in total. The smallest absolute Gasteiger partial charge is 0.225 e. The second-order valence-electron chi connectivity index (χ2n) is 7.30. The lowest BCUT2D eigenvalue weighted by Gasteiger charge is -2.34.